The first kappa shape index (κ1) is 19.8. The molecule has 0 aromatic heterocycles. The molecule has 5 heteroatoms. The Labute approximate surface area is 158 Å². The molecule has 2 aromatic carbocycles. The van der Waals surface area contributed by atoms with Crippen LogP contribution in [0.5, 0.6) is 11.5 Å². The van der Waals surface area contributed by atoms with E-state index in [9.17, 15) is 0 Å². The van der Waals surface area contributed by atoms with E-state index in [-0.39, 0.29) is 0 Å². The van der Waals surface area contributed by atoms with Gasteiger partial charge in [-0.25, -0.2) is 0 Å². The Hall–Kier alpha value is -1.56. The third-order valence-electron chi connectivity index (χ3n) is 3.86. The van der Waals surface area contributed by atoms with Crippen LogP contribution in [0.3, 0.4) is 0 Å². The van der Waals surface area contributed by atoms with E-state index < -0.39 is 0 Å². The van der Waals surface area contributed by atoms with E-state index in [4.69, 9.17) is 14.2 Å². The summed E-state index contributed by atoms with van der Waals surface area (Å²) >= 11 is 3.63. The second-order valence-corrected chi connectivity index (χ2v) is 6.71. The number of hydrogen-bond acceptors (Lipinski definition) is 4. The van der Waals surface area contributed by atoms with Crippen LogP contribution < -0.4 is 14.8 Å². The van der Waals surface area contributed by atoms with Gasteiger partial charge in [-0.15, -0.1) is 0 Å². The fraction of sp³-hybridized carbons (Fsp3) is 0.400. The van der Waals surface area contributed by atoms with E-state index in [1.165, 1.54) is 5.56 Å². The summed E-state index contributed by atoms with van der Waals surface area (Å²) in [6.45, 7) is 4.92. The van der Waals surface area contributed by atoms with Gasteiger partial charge in [-0.05, 0) is 37.6 Å². The van der Waals surface area contributed by atoms with Gasteiger partial charge in [0.2, 0.25) is 0 Å². The molecule has 0 aliphatic heterocycles. The van der Waals surface area contributed by atoms with Crippen LogP contribution in [0.4, 0.5) is 0 Å². The number of benzene rings is 2. The first-order valence-electron chi connectivity index (χ1n) is 8.39. The van der Waals surface area contributed by atoms with Crippen molar-refractivity contribution in [3.63, 3.8) is 0 Å². The molecule has 0 saturated heterocycles. The van der Waals surface area contributed by atoms with Gasteiger partial charge in [-0.3, -0.25) is 0 Å². The van der Waals surface area contributed by atoms with Crippen molar-refractivity contribution in [1.82, 2.24) is 5.32 Å². The highest BCUT2D eigenvalue weighted by atomic mass is 79.9. The van der Waals surface area contributed by atoms with Gasteiger partial charge in [0.15, 0.2) is 11.5 Å². The third-order valence-corrected chi connectivity index (χ3v) is 4.60. The Morgan fingerprint density at radius 2 is 1.96 bits per heavy atom. The Morgan fingerprint density at radius 1 is 1.12 bits per heavy atom. The van der Waals surface area contributed by atoms with E-state index in [1.807, 2.05) is 18.2 Å². The molecule has 2 aromatic rings. The molecule has 2 rings (SSSR count). The van der Waals surface area contributed by atoms with Crippen molar-refractivity contribution in [2.24, 2.45) is 0 Å². The normalized spacial score (nSPS) is 10.7. The van der Waals surface area contributed by atoms with Gasteiger partial charge in [-0.2, -0.15) is 0 Å². The van der Waals surface area contributed by atoms with E-state index >= 15 is 0 Å². The molecule has 1 N–H and O–H groups in total. The molecular weight excluding hydrogens is 382 g/mol. The minimum absolute atomic E-state index is 0.505. The lowest BCUT2D eigenvalue weighted by molar-refractivity contribution is 0.194. The van der Waals surface area contributed by atoms with Crippen molar-refractivity contribution in [3.05, 3.63) is 57.6 Å². The monoisotopic (exact) mass is 407 g/mol. The SMILES string of the molecule is COCCCNCc1c(Br)ccc(OC)c1OCc1cccc(C)c1. The highest BCUT2D eigenvalue weighted by Gasteiger charge is 2.14. The molecule has 25 heavy (non-hydrogen) atoms. The molecule has 0 atom stereocenters. The fourth-order valence-electron chi connectivity index (χ4n) is 2.58. The van der Waals surface area contributed by atoms with Crippen molar-refractivity contribution in [1.29, 1.82) is 0 Å². The molecule has 0 aliphatic rings. The zero-order valence-electron chi connectivity index (χ0n) is 15.1. The predicted octanol–water partition coefficient (Wildman–Crippen LogP) is 4.47. The number of ether oxygens (including phenoxy) is 3. The second-order valence-electron chi connectivity index (χ2n) is 5.86. The van der Waals surface area contributed by atoms with Crippen LogP contribution in [-0.2, 0) is 17.9 Å². The molecule has 4 nitrogen and oxygen atoms in total. The average molecular weight is 408 g/mol. The number of rotatable bonds is 10. The van der Waals surface area contributed by atoms with E-state index in [2.05, 4.69) is 46.4 Å². The lowest BCUT2D eigenvalue weighted by Gasteiger charge is -2.17. The number of methoxy groups -OCH3 is 2. The number of hydrogen-bond donors (Lipinski definition) is 1. The van der Waals surface area contributed by atoms with Crippen LogP contribution in [0, 0.1) is 6.92 Å². The van der Waals surface area contributed by atoms with Crippen molar-refractivity contribution in [2.75, 3.05) is 27.4 Å². The maximum Gasteiger partial charge on any atom is 0.167 e. The van der Waals surface area contributed by atoms with Crippen molar-refractivity contribution < 1.29 is 14.2 Å². The standard InChI is InChI=1S/C20H26BrNO3/c1-15-6-4-7-16(12-15)14-25-20-17(13-22-10-5-11-23-2)18(21)8-9-19(20)24-3/h4,6-9,12,22H,5,10-11,13-14H2,1-3H3. The molecule has 0 aliphatic carbocycles. The zero-order valence-corrected chi connectivity index (χ0v) is 16.7. The van der Waals surface area contributed by atoms with E-state index in [0.717, 1.165) is 46.7 Å². The number of nitrogens with one attached hydrogen (secondary N) is 1. The molecule has 0 radical (unpaired) electrons. The van der Waals surface area contributed by atoms with Gasteiger partial charge in [0.1, 0.15) is 6.61 Å². The molecular formula is C20H26BrNO3. The summed E-state index contributed by atoms with van der Waals surface area (Å²) in [5.74, 6) is 1.52. The van der Waals surface area contributed by atoms with Crippen LogP contribution in [0.1, 0.15) is 23.1 Å². The average Bonchev–Trinajstić information content (AvgIpc) is 2.61. The Morgan fingerprint density at radius 3 is 2.68 bits per heavy atom. The second kappa shape index (κ2) is 10.4. The topological polar surface area (TPSA) is 39.7 Å². The molecule has 0 spiro atoms. The Balaban J connectivity index is 2.11. The maximum absolute atomic E-state index is 6.14. The van der Waals surface area contributed by atoms with Gasteiger partial charge < -0.3 is 19.5 Å². The summed E-state index contributed by atoms with van der Waals surface area (Å²) in [5.41, 5.74) is 3.42. The van der Waals surface area contributed by atoms with Crippen LogP contribution in [0.15, 0.2) is 40.9 Å². The van der Waals surface area contributed by atoms with Gasteiger partial charge >= 0.3 is 0 Å². The van der Waals surface area contributed by atoms with Crippen LogP contribution in [0.25, 0.3) is 0 Å². The Bertz CT molecular complexity index is 676. The minimum Gasteiger partial charge on any atom is -0.493 e. The van der Waals surface area contributed by atoms with Gasteiger partial charge in [0, 0.05) is 30.3 Å². The van der Waals surface area contributed by atoms with Gasteiger partial charge in [0.25, 0.3) is 0 Å². The van der Waals surface area contributed by atoms with E-state index in [1.54, 1.807) is 14.2 Å². The maximum atomic E-state index is 6.14. The van der Waals surface area contributed by atoms with Gasteiger partial charge in [0.05, 0.1) is 7.11 Å². The fourth-order valence-corrected chi connectivity index (χ4v) is 3.03. The van der Waals surface area contributed by atoms with Crippen LogP contribution >= 0.6 is 15.9 Å². The predicted molar refractivity (Wildman–Crippen MR) is 104 cm³/mol. The van der Waals surface area contributed by atoms with Gasteiger partial charge in [-0.1, -0.05) is 45.8 Å². The first-order chi connectivity index (χ1) is 12.2. The molecule has 0 unspecified atom stereocenters. The number of halogens is 1. The zero-order chi connectivity index (χ0) is 18.1. The lowest BCUT2D eigenvalue weighted by atomic mass is 10.1. The number of aryl methyl sites for hydroxylation is 1. The van der Waals surface area contributed by atoms with Crippen LogP contribution in [0.2, 0.25) is 0 Å². The smallest absolute Gasteiger partial charge is 0.167 e. The summed E-state index contributed by atoms with van der Waals surface area (Å²) < 4.78 is 17.7. The summed E-state index contributed by atoms with van der Waals surface area (Å²) in [6, 6.07) is 12.2. The lowest BCUT2D eigenvalue weighted by Crippen LogP contribution is -2.17. The highest BCUT2D eigenvalue weighted by molar-refractivity contribution is 9.10. The first-order valence-corrected chi connectivity index (χ1v) is 9.18. The quantitative estimate of drug-likeness (QED) is 0.589. The summed E-state index contributed by atoms with van der Waals surface area (Å²) in [6.07, 6.45) is 0.970. The molecule has 136 valence electrons. The molecule has 0 saturated carbocycles. The van der Waals surface area contributed by atoms with Crippen molar-refractivity contribution >= 4 is 15.9 Å². The summed E-state index contributed by atoms with van der Waals surface area (Å²) in [4.78, 5) is 0. The molecule has 0 bridgehead atoms. The van der Waals surface area contributed by atoms with Crippen molar-refractivity contribution in [3.8, 4) is 11.5 Å². The molecule has 0 heterocycles. The summed E-state index contributed by atoms with van der Waals surface area (Å²) in [7, 11) is 3.38. The highest BCUT2D eigenvalue weighted by Crippen LogP contribution is 2.36. The van der Waals surface area contributed by atoms with Crippen molar-refractivity contribution in [2.45, 2.75) is 26.5 Å². The largest absolute Gasteiger partial charge is 0.493 e. The minimum atomic E-state index is 0.505. The Kier molecular flexibility index (Phi) is 8.25. The van der Waals surface area contributed by atoms with Crippen LogP contribution in [-0.4, -0.2) is 27.4 Å². The molecule has 0 fully saturated rings. The van der Waals surface area contributed by atoms with E-state index in [0.29, 0.717) is 13.2 Å². The third kappa shape index (κ3) is 6.03. The summed E-state index contributed by atoms with van der Waals surface area (Å²) in [5, 5.41) is 3.43. The molecule has 0 amide bonds.